The highest BCUT2D eigenvalue weighted by atomic mass is 79.9. The van der Waals surface area contributed by atoms with Gasteiger partial charge in [-0.2, -0.15) is 0 Å². The number of halogens is 2. The van der Waals surface area contributed by atoms with Gasteiger partial charge in [-0.25, -0.2) is 13.4 Å². The summed E-state index contributed by atoms with van der Waals surface area (Å²) in [7, 11) is -3.73. The summed E-state index contributed by atoms with van der Waals surface area (Å²) >= 11 is 6.38. The fourth-order valence-corrected chi connectivity index (χ4v) is 3.88. The first kappa shape index (κ1) is 16.9. The van der Waals surface area contributed by atoms with E-state index in [4.69, 9.17) is 5.73 Å². The van der Waals surface area contributed by atoms with Crippen molar-refractivity contribution in [3.05, 3.63) is 51.2 Å². The number of hydrogen-bond acceptors (Lipinski definition) is 4. The van der Waals surface area contributed by atoms with E-state index in [1.165, 1.54) is 12.1 Å². The van der Waals surface area contributed by atoms with E-state index in [-0.39, 0.29) is 11.3 Å². The van der Waals surface area contributed by atoms with Gasteiger partial charge in [0.2, 0.25) is 5.91 Å². The number of benzene rings is 1. The molecular formula is C13H11Br2N3O3S. The van der Waals surface area contributed by atoms with E-state index in [0.717, 1.165) is 0 Å². The largest absolute Gasteiger partial charge is 0.369 e. The molecule has 0 spiro atoms. The van der Waals surface area contributed by atoms with Crippen molar-refractivity contribution in [1.29, 1.82) is 0 Å². The number of nitrogens with zero attached hydrogens (tertiary/aromatic N) is 1. The van der Waals surface area contributed by atoms with Crippen molar-refractivity contribution < 1.29 is 13.2 Å². The molecule has 0 radical (unpaired) electrons. The monoisotopic (exact) mass is 447 g/mol. The molecule has 6 nitrogen and oxygen atoms in total. The van der Waals surface area contributed by atoms with Crippen LogP contribution in [0, 0.1) is 0 Å². The third kappa shape index (κ3) is 4.52. The molecule has 0 aliphatic heterocycles. The number of amides is 1. The standard InChI is InChI=1S/C13H11Br2N3O3S/c14-11-6-9(7-12(15)17-11)18-22(20,21)10-3-1-8(2-4-10)5-13(16)19/h1-4,6-7H,5H2,(H2,16,19)(H,17,18). The molecule has 9 heteroatoms. The van der Waals surface area contributed by atoms with Crippen LogP contribution in [0.15, 0.2) is 50.5 Å². The predicted octanol–water partition coefficient (Wildman–Crippen LogP) is 2.44. The number of hydrogen-bond donors (Lipinski definition) is 2. The second-order valence-corrected chi connectivity index (χ2v) is 7.70. The van der Waals surface area contributed by atoms with Crippen molar-refractivity contribution in [3.63, 3.8) is 0 Å². The average molecular weight is 449 g/mol. The maximum atomic E-state index is 12.3. The number of primary amides is 1. The van der Waals surface area contributed by atoms with E-state index in [1.54, 1.807) is 24.3 Å². The Morgan fingerprint density at radius 3 is 2.18 bits per heavy atom. The van der Waals surface area contributed by atoms with Crippen LogP contribution in [0.3, 0.4) is 0 Å². The van der Waals surface area contributed by atoms with E-state index < -0.39 is 15.9 Å². The normalized spacial score (nSPS) is 11.2. The number of aromatic nitrogens is 1. The van der Waals surface area contributed by atoms with Gasteiger partial charge in [0.25, 0.3) is 10.0 Å². The van der Waals surface area contributed by atoms with Gasteiger partial charge in [0, 0.05) is 0 Å². The van der Waals surface area contributed by atoms with Crippen molar-refractivity contribution in [2.24, 2.45) is 5.73 Å². The van der Waals surface area contributed by atoms with Gasteiger partial charge in [0.15, 0.2) is 0 Å². The summed E-state index contributed by atoms with van der Waals surface area (Å²) in [5, 5.41) is 0. The van der Waals surface area contributed by atoms with Gasteiger partial charge in [-0.1, -0.05) is 12.1 Å². The molecule has 1 aromatic carbocycles. The molecule has 0 fully saturated rings. The molecule has 0 saturated carbocycles. The highest BCUT2D eigenvalue weighted by Gasteiger charge is 2.15. The Bertz CT molecular complexity index is 788. The number of carbonyl (C=O) groups excluding carboxylic acids is 1. The molecule has 1 heterocycles. The minimum atomic E-state index is -3.73. The van der Waals surface area contributed by atoms with Crippen molar-refractivity contribution in [3.8, 4) is 0 Å². The van der Waals surface area contributed by atoms with E-state index in [2.05, 4.69) is 41.6 Å². The zero-order valence-corrected chi connectivity index (χ0v) is 15.1. The molecule has 1 amide bonds. The molecular weight excluding hydrogens is 438 g/mol. The van der Waals surface area contributed by atoms with Crippen LogP contribution in [-0.4, -0.2) is 19.3 Å². The molecule has 116 valence electrons. The van der Waals surface area contributed by atoms with Crippen LogP contribution in [0.1, 0.15) is 5.56 Å². The molecule has 0 aliphatic carbocycles. The molecule has 0 saturated heterocycles. The number of nitrogens with two attached hydrogens (primary N) is 1. The first-order valence-electron chi connectivity index (χ1n) is 5.99. The first-order chi connectivity index (χ1) is 10.3. The number of sulfonamides is 1. The van der Waals surface area contributed by atoms with E-state index in [0.29, 0.717) is 20.5 Å². The highest BCUT2D eigenvalue weighted by molar-refractivity contribution is 9.11. The van der Waals surface area contributed by atoms with E-state index >= 15 is 0 Å². The summed E-state index contributed by atoms with van der Waals surface area (Å²) in [4.78, 5) is 15.0. The SMILES string of the molecule is NC(=O)Cc1ccc(S(=O)(=O)Nc2cc(Br)nc(Br)c2)cc1. The Kier molecular flexibility index (Phi) is 5.20. The molecule has 1 aromatic heterocycles. The molecule has 0 bridgehead atoms. The maximum Gasteiger partial charge on any atom is 0.261 e. The van der Waals surface area contributed by atoms with E-state index in [1.807, 2.05) is 0 Å². The number of pyridine rings is 1. The van der Waals surface area contributed by atoms with Gasteiger partial charge in [0.1, 0.15) is 9.21 Å². The third-order valence-corrected chi connectivity index (χ3v) is 4.84. The van der Waals surface area contributed by atoms with Gasteiger partial charge >= 0.3 is 0 Å². The van der Waals surface area contributed by atoms with Crippen LogP contribution in [0.25, 0.3) is 0 Å². The van der Waals surface area contributed by atoms with Gasteiger partial charge in [-0.3, -0.25) is 9.52 Å². The van der Waals surface area contributed by atoms with Gasteiger partial charge in [0.05, 0.1) is 17.0 Å². The summed E-state index contributed by atoms with van der Waals surface area (Å²) in [6, 6.07) is 9.04. The lowest BCUT2D eigenvalue weighted by Gasteiger charge is -2.09. The molecule has 0 atom stereocenters. The fourth-order valence-electron chi connectivity index (χ4n) is 1.73. The summed E-state index contributed by atoms with van der Waals surface area (Å²) in [6.45, 7) is 0. The average Bonchev–Trinajstić information content (AvgIpc) is 2.36. The molecule has 2 rings (SSSR count). The molecule has 0 unspecified atom stereocenters. The van der Waals surface area contributed by atoms with Crippen molar-refractivity contribution in [2.75, 3.05) is 4.72 Å². The maximum absolute atomic E-state index is 12.3. The Hall–Kier alpha value is -1.45. The molecule has 3 N–H and O–H groups in total. The highest BCUT2D eigenvalue weighted by Crippen LogP contribution is 2.22. The number of carbonyl (C=O) groups is 1. The van der Waals surface area contributed by atoms with Gasteiger partial charge in [-0.05, 0) is 61.7 Å². The fraction of sp³-hybridized carbons (Fsp3) is 0.0769. The van der Waals surface area contributed by atoms with Gasteiger partial charge < -0.3 is 5.73 Å². The minimum absolute atomic E-state index is 0.0675. The van der Waals surface area contributed by atoms with Crippen LogP contribution in [-0.2, 0) is 21.2 Å². The first-order valence-corrected chi connectivity index (χ1v) is 9.06. The zero-order valence-electron chi connectivity index (χ0n) is 11.1. The Balaban J connectivity index is 2.24. The van der Waals surface area contributed by atoms with Gasteiger partial charge in [-0.15, -0.1) is 0 Å². The Morgan fingerprint density at radius 1 is 1.14 bits per heavy atom. The topological polar surface area (TPSA) is 102 Å². The summed E-state index contributed by atoms with van der Waals surface area (Å²) in [6.07, 6.45) is 0.0675. The quantitative estimate of drug-likeness (QED) is 0.685. The second kappa shape index (κ2) is 6.76. The molecule has 0 aliphatic rings. The lowest BCUT2D eigenvalue weighted by atomic mass is 10.1. The number of anilines is 1. The third-order valence-electron chi connectivity index (χ3n) is 2.63. The second-order valence-electron chi connectivity index (χ2n) is 4.39. The van der Waals surface area contributed by atoms with Crippen molar-refractivity contribution in [1.82, 2.24) is 4.98 Å². The molecule has 22 heavy (non-hydrogen) atoms. The van der Waals surface area contributed by atoms with Crippen LogP contribution in [0.2, 0.25) is 0 Å². The van der Waals surface area contributed by atoms with Crippen molar-refractivity contribution in [2.45, 2.75) is 11.3 Å². The Morgan fingerprint density at radius 2 is 1.68 bits per heavy atom. The van der Waals surface area contributed by atoms with Crippen LogP contribution in [0.4, 0.5) is 5.69 Å². The van der Waals surface area contributed by atoms with Crippen LogP contribution < -0.4 is 10.5 Å². The van der Waals surface area contributed by atoms with Crippen LogP contribution in [0.5, 0.6) is 0 Å². The lowest BCUT2D eigenvalue weighted by molar-refractivity contribution is -0.117. The minimum Gasteiger partial charge on any atom is -0.369 e. The smallest absolute Gasteiger partial charge is 0.261 e. The molecule has 2 aromatic rings. The summed E-state index contributed by atoms with van der Waals surface area (Å²) in [5.41, 5.74) is 6.12. The number of nitrogens with one attached hydrogen (secondary N) is 1. The summed E-state index contributed by atoms with van der Waals surface area (Å²) < 4.78 is 28.1. The summed E-state index contributed by atoms with van der Waals surface area (Å²) in [5.74, 6) is -0.472. The van der Waals surface area contributed by atoms with Crippen molar-refractivity contribution >= 4 is 53.5 Å². The van der Waals surface area contributed by atoms with E-state index in [9.17, 15) is 13.2 Å². The van der Waals surface area contributed by atoms with Crippen LogP contribution >= 0.6 is 31.9 Å². The Labute approximate surface area is 144 Å². The number of rotatable bonds is 5. The lowest BCUT2D eigenvalue weighted by Crippen LogP contribution is -2.15. The zero-order chi connectivity index (χ0) is 16.3. The predicted molar refractivity (Wildman–Crippen MR) is 89.8 cm³/mol.